The summed E-state index contributed by atoms with van der Waals surface area (Å²) in [5, 5.41) is 11.9. The van der Waals surface area contributed by atoms with E-state index >= 15 is 0 Å². The van der Waals surface area contributed by atoms with E-state index in [9.17, 15) is 14.7 Å². The molecule has 33 heavy (non-hydrogen) atoms. The number of Topliss-reactive ketones (excluding diaryl/α,β-unsaturated/α-hetero) is 1. The standard InChI is InChI=1S/C24H24Cl2N2O5/c1-27(2)8-3-9-28-21(14-4-6-16(25)17(26)12-14)20(23(30)24(28)31)22(29)15-5-7-18-19(13-15)33-11-10-32-18/h4-7,12-13,21,29H,3,8-11H2,1-2H3. The van der Waals surface area contributed by atoms with Gasteiger partial charge in [0.05, 0.1) is 21.7 Å². The van der Waals surface area contributed by atoms with Crippen molar-refractivity contribution in [1.82, 2.24) is 9.80 Å². The van der Waals surface area contributed by atoms with Gasteiger partial charge < -0.3 is 24.4 Å². The molecule has 2 aliphatic heterocycles. The average molecular weight is 491 g/mol. The molecule has 4 rings (SSSR count). The summed E-state index contributed by atoms with van der Waals surface area (Å²) in [7, 11) is 3.87. The molecule has 2 heterocycles. The van der Waals surface area contributed by atoms with Crippen LogP contribution in [0.2, 0.25) is 10.0 Å². The molecule has 1 fully saturated rings. The minimum atomic E-state index is -0.796. The van der Waals surface area contributed by atoms with Gasteiger partial charge in [0.1, 0.15) is 19.0 Å². The summed E-state index contributed by atoms with van der Waals surface area (Å²) in [6.07, 6.45) is 0.655. The number of hydrogen-bond acceptors (Lipinski definition) is 6. The van der Waals surface area contributed by atoms with Crippen LogP contribution in [0.5, 0.6) is 11.5 Å². The van der Waals surface area contributed by atoms with Gasteiger partial charge in [0, 0.05) is 12.1 Å². The lowest BCUT2D eigenvalue weighted by Gasteiger charge is -2.26. The number of fused-ring (bicyclic) bond motifs is 1. The highest BCUT2D eigenvalue weighted by molar-refractivity contribution is 6.46. The second kappa shape index (κ2) is 9.63. The van der Waals surface area contributed by atoms with Crippen LogP contribution in [0.3, 0.4) is 0 Å². The Hall–Kier alpha value is -2.74. The molecule has 1 atom stereocenters. The number of hydrogen-bond donors (Lipinski definition) is 1. The number of amides is 1. The van der Waals surface area contributed by atoms with Gasteiger partial charge in [0.25, 0.3) is 11.7 Å². The second-order valence-corrected chi connectivity index (χ2v) is 9.00. The highest BCUT2D eigenvalue weighted by atomic mass is 35.5. The van der Waals surface area contributed by atoms with E-state index in [-0.39, 0.29) is 11.3 Å². The van der Waals surface area contributed by atoms with Crippen molar-refractivity contribution in [3.8, 4) is 11.5 Å². The van der Waals surface area contributed by atoms with Crippen molar-refractivity contribution in [2.24, 2.45) is 0 Å². The van der Waals surface area contributed by atoms with Crippen molar-refractivity contribution in [3.63, 3.8) is 0 Å². The number of aliphatic hydroxyl groups is 1. The van der Waals surface area contributed by atoms with Crippen molar-refractivity contribution in [2.75, 3.05) is 40.4 Å². The minimum Gasteiger partial charge on any atom is -0.507 e. The maximum atomic E-state index is 13.1. The minimum absolute atomic E-state index is 0.0000741. The lowest BCUT2D eigenvalue weighted by atomic mass is 9.95. The third-order valence-corrected chi connectivity index (χ3v) is 6.36. The predicted octanol–water partition coefficient (Wildman–Crippen LogP) is 4.14. The zero-order chi connectivity index (χ0) is 23.7. The maximum absolute atomic E-state index is 13.1. The first-order chi connectivity index (χ1) is 15.8. The van der Waals surface area contributed by atoms with E-state index in [0.717, 1.165) is 6.54 Å². The number of nitrogens with zero attached hydrogens (tertiary/aromatic N) is 2. The fraction of sp³-hybridized carbons (Fsp3) is 0.333. The third-order valence-electron chi connectivity index (χ3n) is 5.62. The Bertz CT molecular complexity index is 1130. The van der Waals surface area contributed by atoms with Crippen molar-refractivity contribution in [1.29, 1.82) is 0 Å². The molecule has 1 saturated heterocycles. The Kier molecular flexibility index (Phi) is 6.83. The van der Waals surface area contributed by atoms with Gasteiger partial charge >= 0.3 is 0 Å². The smallest absolute Gasteiger partial charge is 0.295 e. The molecule has 1 amide bonds. The van der Waals surface area contributed by atoms with Gasteiger partial charge in [-0.2, -0.15) is 0 Å². The molecule has 174 valence electrons. The first kappa shape index (κ1) is 23.4. The van der Waals surface area contributed by atoms with Crippen LogP contribution in [0, 0.1) is 0 Å². The van der Waals surface area contributed by atoms with E-state index in [0.29, 0.717) is 58.9 Å². The lowest BCUT2D eigenvalue weighted by molar-refractivity contribution is -0.139. The quantitative estimate of drug-likeness (QED) is 0.372. The van der Waals surface area contributed by atoms with Crippen molar-refractivity contribution in [3.05, 3.63) is 63.1 Å². The summed E-state index contributed by atoms with van der Waals surface area (Å²) < 4.78 is 11.1. The summed E-state index contributed by atoms with van der Waals surface area (Å²) in [4.78, 5) is 29.6. The van der Waals surface area contributed by atoms with Crippen LogP contribution in [0.1, 0.15) is 23.6 Å². The Morgan fingerprint density at radius 3 is 2.48 bits per heavy atom. The van der Waals surface area contributed by atoms with Crippen molar-refractivity contribution >= 4 is 40.7 Å². The number of aliphatic hydroxyl groups excluding tert-OH is 1. The topological polar surface area (TPSA) is 79.3 Å². The second-order valence-electron chi connectivity index (χ2n) is 8.18. The van der Waals surface area contributed by atoms with Gasteiger partial charge in [-0.3, -0.25) is 9.59 Å². The number of carbonyl (C=O) groups is 2. The summed E-state index contributed by atoms with van der Waals surface area (Å²) in [5.74, 6) is -0.664. The highest BCUT2D eigenvalue weighted by Crippen LogP contribution is 2.42. The van der Waals surface area contributed by atoms with Crippen LogP contribution in [0.4, 0.5) is 0 Å². The molecule has 2 aromatic carbocycles. The molecule has 7 nitrogen and oxygen atoms in total. The van der Waals surface area contributed by atoms with Crippen LogP contribution in [-0.4, -0.2) is 67.0 Å². The van der Waals surface area contributed by atoms with Crippen molar-refractivity contribution < 1.29 is 24.2 Å². The normalized spacial score (nSPS) is 19.4. The van der Waals surface area contributed by atoms with Gasteiger partial charge in [-0.15, -0.1) is 0 Å². The molecule has 1 N–H and O–H groups in total. The van der Waals surface area contributed by atoms with Crippen LogP contribution < -0.4 is 9.47 Å². The Morgan fingerprint density at radius 2 is 1.79 bits per heavy atom. The van der Waals surface area contributed by atoms with Crippen LogP contribution in [0.25, 0.3) is 5.76 Å². The number of rotatable bonds is 6. The number of ketones is 1. The van der Waals surface area contributed by atoms with E-state index in [4.69, 9.17) is 32.7 Å². The first-order valence-corrected chi connectivity index (χ1v) is 11.3. The molecule has 0 saturated carbocycles. The zero-order valence-electron chi connectivity index (χ0n) is 18.3. The molecular formula is C24H24Cl2N2O5. The molecule has 2 aromatic rings. The summed E-state index contributed by atoms with van der Waals surface area (Å²) in [6.45, 7) is 1.90. The van der Waals surface area contributed by atoms with E-state index in [1.165, 1.54) is 4.90 Å². The maximum Gasteiger partial charge on any atom is 0.295 e. The number of ether oxygens (including phenoxy) is 2. The Labute approximate surface area is 202 Å². The summed E-state index contributed by atoms with van der Waals surface area (Å²) in [5.41, 5.74) is 0.947. The molecule has 0 aliphatic carbocycles. The Morgan fingerprint density at radius 1 is 1.06 bits per heavy atom. The summed E-state index contributed by atoms with van der Waals surface area (Å²) >= 11 is 12.3. The molecule has 0 spiro atoms. The first-order valence-electron chi connectivity index (χ1n) is 10.6. The fourth-order valence-corrected chi connectivity index (χ4v) is 4.35. The SMILES string of the molecule is CN(C)CCCN1C(=O)C(=O)C(=C(O)c2ccc3c(c2)OCCO3)C1c1ccc(Cl)c(Cl)c1. The molecule has 9 heteroatoms. The number of carbonyl (C=O) groups excluding carboxylic acids is 2. The van der Waals surface area contributed by atoms with Crippen LogP contribution in [0.15, 0.2) is 42.0 Å². The fourth-order valence-electron chi connectivity index (χ4n) is 4.04. The molecule has 0 aromatic heterocycles. The number of likely N-dealkylation sites (tertiary alicyclic amines) is 1. The van der Waals surface area contributed by atoms with Gasteiger partial charge in [-0.05, 0) is 63.0 Å². The number of halogens is 2. The van der Waals surface area contributed by atoms with Gasteiger partial charge in [0.2, 0.25) is 0 Å². The average Bonchev–Trinajstić information content (AvgIpc) is 3.05. The third kappa shape index (κ3) is 4.67. The zero-order valence-corrected chi connectivity index (χ0v) is 19.8. The predicted molar refractivity (Wildman–Crippen MR) is 126 cm³/mol. The Balaban J connectivity index is 1.80. The largest absolute Gasteiger partial charge is 0.507 e. The number of benzene rings is 2. The van der Waals surface area contributed by atoms with Gasteiger partial charge in [0.15, 0.2) is 11.5 Å². The van der Waals surface area contributed by atoms with Gasteiger partial charge in [-0.25, -0.2) is 0 Å². The van der Waals surface area contributed by atoms with E-state index in [2.05, 4.69) is 0 Å². The van der Waals surface area contributed by atoms with E-state index in [1.807, 2.05) is 19.0 Å². The molecule has 0 radical (unpaired) electrons. The summed E-state index contributed by atoms with van der Waals surface area (Å²) in [6, 6.07) is 9.06. The van der Waals surface area contributed by atoms with E-state index < -0.39 is 17.7 Å². The lowest BCUT2D eigenvalue weighted by Crippen LogP contribution is -2.32. The van der Waals surface area contributed by atoms with Crippen LogP contribution in [-0.2, 0) is 9.59 Å². The van der Waals surface area contributed by atoms with Crippen LogP contribution >= 0.6 is 23.2 Å². The molecular weight excluding hydrogens is 467 g/mol. The van der Waals surface area contributed by atoms with Crippen molar-refractivity contribution in [2.45, 2.75) is 12.5 Å². The molecule has 2 aliphatic rings. The monoisotopic (exact) mass is 490 g/mol. The van der Waals surface area contributed by atoms with E-state index in [1.54, 1.807) is 36.4 Å². The molecule has 1 unspecified atom stereocenters. The molecule has 0 bridgehead atoms. The van der Waals surface area contributed by atoms with Gasteiger partial charge in [-0.1, -0.05) is 29.3 Å². The highest BCUT2D eigenvalue weighted by Gasteiger charge is 2.46.